The van der Waals surface area contributed by atoms with E-state index < -0.39 is 11.4 Å². The largest absolute Gasteiger partial charge is 0.481 e. The van der Waals surface area contributed by atoms with E-state index in [0.29, 0.717) is 11.3 Å². The van der Waals surface area contributed by atoms with Crippen LogP contribution in [0.5, 0.6) is 0 Å². The van der Waals surface area contributed by atoms with Crippen molar-refractivity contribution in [3.05, 3.63) is 29.8 Å². The molecule has 6 heteroatoms. The molecule has 0 saturated heterocycles. The van der Waals surface area contributed by atoms with E-state index in [1.165, 1.54) is 0 Å². The van der Waals surface area contributed by atoms with Crippen LogP contribution in [-0.2, 0) is 9.59 Å². The van der Waals surface area contributed by atoms with E-state index in [-0.39, 0.29) is 30.7 Å². The molecule has 142 valence electrons. The first kappa shape index (κ1) is 19.9. The molecule has 1 aliphatic carbocycles. The van der Waals surface area contributed by atoms with Crippen molar-refractivity contribution < 1.29 is 19.5 Å². The van der Waals surface area contributed by atoms with Crippen molar-refractivity contribution >= 4 is 23.5 Å². The number of nitrogens with one attached hydrogen (secondary N) is 2. The third-order valence-corrected chi connectivity index (χ3v) is 4.84. The molecule has 2 rings (SSSR count). The Morgan fingerprint density at radius 1 is 1.08 bits per heavy atom. The molecule has 1 aliphatic rings. The van der Waals surface area contributed by atoms with E-state index in [0.717, 1.165) is 32.1 Å². The van der Waals surface area contributed by atoms with Crippen LogP contribution in [0, 0.1) is 5.41 Å². The zero-order valence-corrected chi connectivity index (χ0v) is 15.5. The third-order valence-electron chi connectivity index (χ3n) is 4.84. The van der Waals surface area contributed by atoms with Gasteiger partial charge in [0.25, 0.3) is 5.91 Å². The zero-order chi connectivity index (χ0) is 19.2. The molecule has 3 N–H and O–H groups in total. The van der Waals surface area contributed by atoms with Crippen LogP contribution in [0.25, 0.3) is 0 Å². The number of hydrogen-bond donors (Lipinski definition) is 3. The van der Waals surface area contributed by atoms with Gasteiger partial charge in [0.15, 0.2) is 0 Å². The molecular weight excluding hydrogens is 332 g/mol. The minimum Gasteiger partial charge on any atom is -0.481 e. The standard InChI is InChI=1S/C20H28N2O4/c1-14(2)21-19(26)15-8-4-5-9-16(15)22-17(23)12-20(13-18(24)25)10-6-3-7-11-20/h4-5,8-9,14H,3,6-7,10-13H2,1-2H3,(H,21,26)(H,22,23)(H,24,25). The van der Waals surface area contributed by atoms with Crippen LogP contribution < -0.4 is 10.6 Å². The van der Waals surface area contributed by atoms with Gasteiger partial charge in [0, 0.05) is 12.5 Å². The molecule has 0 bridgehead atoms. The van der Waals surface area contributed by atoms with E-state index in [9.17, 15) is 19.5 Å². The average Bonchev–Trinajstić information content (AvgIpc) is 2.54. The smallest absolute Gasteiger partial charge is 0.303 e. The molecule has 6 nitrogen and oxygen atoms in total. The van der Waals surface area contributed by atoms with Gasteiger partial charge in [-0.15, -0.1) is 0 Å². The number of aliphatic carboxylic acids is 1. The van der Waals surface area contributed by atoms with Gasteiger partial charge in [-0.1, -0.05) is 31.4 Å². The molecule has 0 radical (unpaired) electrons. The molecule has 0 atom stereocenters. The van der Waals surface area contributed by atoms with Crippen LogP contribution in [0.15, 0.2) is 24.3 Å². The first-order chi connectivity index (χ1) is 12.3. The number of carboxylic acids is 1. The van der Waals surface area contributed by atoms with Gasteiger partial charge in [0.05, 0.1) is 17.7 Å². The van der Waals surface area contributed by atoms with Crippen molar-refractivity contribution in [3.63, 3.8) is 0 Å². The number of carbonyl (C=O) groups is 3. The van der Waals surface area contributed by atoms with E-state index >= 15 is 0 Å². The maximum absolute atomic E-state index is 12.6. The third kappa shape index (κ3) is 5.58. The fourth-order valence-corrected chi connectivity index (χ4v) is 3.70. The summed E-state index contributed by atoms with van der Waals surface area (Å²) in [5.74, 6) is -1.34. The molecule has 26 heavy (non-hydrogen) atoms. The highest BCUT2D eigenvalue weighted by atomic mass is 16.4. The Hall–Kier alpha value is -2.37. The second kappa shape index (κ2) is 8.83. The number of carbonyl (C=O) groups excluding carboxylic acids is 2. The fourth-order valence-electron chi connectivity index (χ4n) is 3.70. The van der Waals surface area contributed by atoms with E-state index in [1.54, 1.807) is 24.3 Å². The molecule has 0 spiro atoms. The number of hydrogen-bond acceptors (Lipinski definition) is 3. The molecule has 0 unspecified atom stereocenters. The van der Waals surface area contributed by atoms with Gasteiger partial charge in [-0.05, 0) is 44.2 Å². The zero-order valence-electron chi connectivity index (χ0n) is 15.5. The summed E-state index contributed by atoms with van der Waals surface area (Å²) in [6, 6.07) is 6.86. The lowest BCUT2D eigenvalue weighted by molar-refractivity contribution is -0.140. The number of amides is 2. The molecular formula is C20H28N2O4. The van der Waals surface area contributed by atoms with Gasteiger partial charge in [0.1, 0.15) is 0 Å². The van der Waals surface area contributed by atoms with Gasteiger partial charge < -0.3 is 15.7 Å². The van der Waals surface area contributed by atoms with Crippen LogP contribution in [0.1, 0.15) is 69.2 Å². The van der Waals surface area contributed by atoms with Crippen LogP contribution in [0.3, 0.4) is 0 Å². The number of benzene rings is 1. The second-order valence-corrected chi connectivity index (χ2v) is 7.53. The normalized spacial score (nSPS) is 16.1. The summed E-state index contributed by atoms with van der Waals surface area (Å²) in [6.45, 7) is 3.75. The quantitative estimate of drug-likeness (QED) is 0.692. The first-order valence-corrected chi connectivity index (χ1v) is 9.23. The van der Waals surface area contributed by atoms with Crippen LogP contribution in [-0.4, -0.2) is 28.9 Å². The van der Waals surface area contributed by atoms with E-state index in [1.807, 2.05) is 13.8 Å². The Bertz CT molecular complexity index is 664. The minimum atomic E-state index is -0.864. The lowest BCUT2D eigenvalue weighted by atomic mass is 9.69. The van der Waals surface area contributed by atoms with Crippen molar-refractivity contribution in [2.45, 2.75) is 64.8 Å². The molecule has 1 aromatic carbocycles. The lowest BCUT2D eigenvalue weighted by Crippen LogP contribution is -2.33. The maximum Gasteiger partial charge on any atom is 0.303 e. The molecule has 1 saturated carbocycles. The Balaban J connectivity index is 2.11. The molecule has 0 aliphatic heterocycles. The van der Waals surface area contributed by atoms with Gasteiger partial charge in [0.2, 0.25) is 5.91 Å². The molecule has 0 heterocycles. The van der Waals surface area contributed by atoms with Gasteiger partial charge in [-0.3, -0.25) is 14.4 Å². The van der Waals surface area contributed by atoms with Crippen LogP contribution in [0.4, 0.5) is 5.69 Å². The minimum absolute atomic E-state index is 0.00710. The maximum atomic E-state index is 12.6. The molecule has 1 fully saturated rings. The Morgan fingerprint density at radius 3 is 2.35 bits per heavy atom. The predicted octanol–water partition coefficient (Wildman–Crippen LogP) is 3.58. The van der Waals surface area contributed by atoms with Crippen molar-refractivity contribution in [2.75, 3.05) is 5.32 Å². The second-order valence-electron chi connectivity index (χ2n) is 7.53. The number of anilines is 1. The number of carboxylic acid groups (broad SMARTS) is 1. The number of rotatable bonds is 7. The highest BCUT2D eigenvalue weighted by molar-refractivity contribution is 6.04. The van der Waals surface area contributed by atoms with Crippen molar-refractivity contribution in [3.8, 4) is 0 Å². The molecule has 0 aromatic heterocycles. The van der Waals surface area contributed by atoms with Crippen molar-refractivity contribution in [1.82, 2.24) is 5.32 Å². The number of para-hydroxylation sites is 1. The SMILES string of the molecule is CC(C)NC(=O)c1ccccc1NC(=O)CC1(CC(=O)O)CCCCC1. The Morgan fingerprint density at radius 2 is 1.73 bits per heavy atom. The van der Waals surface area contributed by atoms with E-state index in [2.05, 4.69) is 10.6 Å². The Kier molecular flexibility index (Phi) is 6.77. The van der Waals surface area contributed by atoms with Crippen LogP contribution >= 0.6 is 0 Å². The van der Waals surface area contributed by atoms with Gasteiger partial charge in [-0.2, -0.15) is 0 Å². The molecule has 1 aromatic rings. The van der Waals surface area contributed by atoms with Gasteiger partial charge in [-0.25, -0.2) is 0 Å². The summed E-state index contributed by atoms with van der Waals surface area (Å²) in [5, 5.41) is 14.9. The average molecular weight is 360 g/mol. The lowest BCUT2D eigenvalue weighted by Gasteiger charge is -2.35. The summed E-state index contributed by atoms with van der Waals surface area (Å²) < 4.78 is 0. The van der Waals surface area contributed by atoms with Crippen LogP contribution in [0.2, 0.25) is 0 Å². The first-order valence-electron chi connectivity index (χ1n) is 9.23. The van der Waals surface area contributed by atoms with Crippen molar-refractivity contribution in [1.29, 1.82) is 0 Å². The summed E-state index contributed by atoms with van der Waals surface area (Å²) in [6.07, 6.45) is 4.67. The summed E-state index contributed by atoms with van der Waals surface area (Å²) >= 11 is 0. The summed E-state index contributed by atoms with van der Waals surface area (Å²) in [4.78, 5) is 36.2. The highest BCUT2D eigenvalue weighted by Crippen LogP contribution is 2.42. The fraction of sp³-hybridized carbons (Fsp3) is 0.550. The van der Waals surface area contributed by atoms with Gasteiger partial charge >= 0.3 is 5.97 Å². The predicted molar refractivity (Wildman–Crippen MR) is 100 cm³/mol. The molecule has 2 amide bonds. The highest BCUT2D eigenvalue weighted by Gasteiger charge is 2.36. The monoisotopic (exact) mass is 360 g/mol. The van der Waals surface area contributed by atoms with E-state index in [4.69, 9.17) is 0 Å². The Labute approximate surface area is 154 Å². The topological polar surface area (TPSA) is 95.5 Å². The summed E-state index contributed by atoms with van der Waals surface area (Å²) in [7, 11) is 0. The van der Waals surface area contributed by atoms with Crippen molar-refractivity contribution in [2.24, 2.45) is 5.41 Å². The summed E-state index contributed by atoms with van der Waals surface area (Å²) in [5.41, 5.74) is 0.381.